The van der Waals surface area contributed by atoms with Crippen LogP contribution in [0.2, 0.25) is 0 Å². The van der Waals surface area contributed by atoms with E-state index in [1.165, 1.54) is 14.0 Å². The van der Waals surface area contributed by atoms with Crippen molar-refractivity contribution in [3.8, 4) is 0 Å². The van der Waals surface area contributed by atoms with E-state index in [0.717, 1.165) is 6.42 Å². The molecule has 55 heavy (non-hydrogen) atoms. The molecule has 18 unspecified atom stereocenters. The highest BCUT2D eigenvalue weighted by atomic mass is 16.7. The lowest BCUT2D eigenvalue weighted by atomic mass is 9.75. The summed E-state index contributed by atoms with van der Waals surface area (Å²) in [5.74, 6) is -2.50. The van der Waals surface area contributed by atoms with E-state index in [2.05, 4.69) is 10.6 Å². The monoisotopic (exact) mass is 792 g/mol. The number of carbonyl (C=O) groups excluding carboxylic acids is 1. The number of methoxy groups -OCH3 is 1. The lowest BCUT2D eigenvalue weighted by molar-refractivity contribution is -0.336. The van der Waals surface area contributed by atoms with Crippen molar-refractivity contribution in [1.29, 1.82) is 0 Å². The zero-order valence-corrected chi connectivity index (χ0v) is 36.1. The minimum atomic E-state index is -1.83. The Morgan fingerprint density at radius 2 is 1.60 bits per heavy atom. The topological polar surface area (TPSA) is 201 Å². The number of aliphatic hydroxyl groups is 5. The Bertz CT molecular complexity index is 1210. The molecule has 3 fully saturated rings. The van der Waals surface area contributed by atoms with Gasteiger partial charge in [0.2, 0.25) is 0 Å². The van der Waals surface area contributed by atoms with E-state index < -0.39 is 101 Å². The number of aliphatic hydroxyl groups excluding tert-OH is 2. The van der Waals surface area contributed by atoms with Crippen molar-refractivity contribution in [2.45, 2.75) is 204 Å². The summed E-state index contributed by atoms with van der Waals surface area (Å²) in [6.45, 7) is 20.3. The van der Waals surface area contributed by atoms with Crippen molar-refractivity contribution in [1.82, 2.24) is 15.5 Å². The molecule has 0 bridgehead atoms. The molecule has 0 radical (unpaired) electrons. The van der Waals surface area contributed by atoms with Gasteiger partial charge in [0, 0.05) is 44.1 Å². The highest BCUT2D eigenvalue weighted by Crippen LogP contribution is 2.43. The van der Waals surface area contributed by atoms with Crippen LogP contribution < -0.4 is 10.6 Å². The number of ether oxygens (including phenoxy) is 6. The molecule has 0 aromatic rings. The first-order valence-corrected chi connectivity index (χ1v) is 20.4. The van der Waals surface area contributed by atoms with Crippen LogP contribution in [0.1, 0.15) is 108 Å². The predicted octanol–water partition coefficient (Wildman–Crippen LogP) is 1.68. The number of nitrogens with one attached hydrogen (secondary N) is 2. The molecule has 3 saturated heterocycles. The first-order chi connectivity index (χ1) is 25.4. The Balaban J connectivity index is 2.15. The molecule has 15 heteroatoms. The summed E-state index contributed by atoms with van der Waals surface area (Å²) in [6.07, 6.45) is -6.92. The quantitative estimate of drug-likeness (QED) is 0.118. The molecule has 18 atom stereocenters. The van der Waals surface area contributed by atoms with Gasteiger partial charge >= 0.3 is 5.97 Å². The van der Waals surface area contributed by atoms with Crippen molar-refractivity contribution in [2.75, 3.05) is 34.3 Å². The molecule has 0 amide bonds. The minimum absolute atomic E-state index is 0.0921. The summed E-state index contributed by atoms with van der Waals surface area (Å²) in [5, 5.41) is 65.7. The molecular formula is C40H77N3O12. The average molecular weight is 792 g/mol. The molecule has 0 spiro atoms. The van der Waals surface area contributed by atoms with Gasteiger partial charge in [0.15, 0.2) is 12.6 Å². The molecule has 0 aliphatic carbocycles. The first-order valence-electron chi connectivity index (χ1n) is 20.4. The number of rotatable bonds is 11. The van der Waals surface area contributed by atoms with Crippen molar-refractivity contribution in [3.05, 3.63) is 0 Å². The Kier molecular flexibility index (Phi) is 17.0. The molecule has 0 saturated carbocycles. The molecule has 3 rings (SSSR count). The third-order valence-electron chi connectivity index (χ3n) is 12.7. The molecule has 15 nitrogen and oxygen atoms in total. The number of nitrogens with zero attached hydrogens (tertiary/aromatic N) is 1. The summed E-state index contributed by atoms with van der Waals surface area (Å²) in [6, 6.07) is -1.36. The number of likely N-dealkylation sites (N-methyl/N-ethyl adjacent to an activating group) is 1. The Hall–Kier alpha value is -1.05. The third kappa shape index (κ3) is 10.8. The van der Waals surface area contributed by atoms with Crippen molar-refractivity contribution >= 4 is 5.97 Å². The van der Waals surface area contributed by atoms with Gasteiger partial charge in [0.05, 0.1) is 35.9 Å². The second-order valence-corrected chi connectivity index (χ2v) is 17.7. The smallest absolute Gasteiger partial charge is 0.311 e. The maximum atomic E-state index is 14.2. The van der Waals surface area contributed by atoms with Crippen LogP contribution in [-0.4, -0.2) is 167 Å². The van der Waals surface area contributed by atoms with Gasteiger partial charge in [0.25, 0.3) is 0 Å². The maximum absolute atomic E-state index is 14.2. The highest BCUT2D eigenvalue weighted by molar-refractivity contribution is 5.73. The van der Waals surface area contributed by atoms with Gasteiger partial charge in [-0.25, -0.2) is 0 Å². The Morgan fingerprint density at radius 3 is 2.16 bits per heavy atom. The SMILES string of the molecule is CCCNCC1(O)C(C)OC(OC2C(C)C(=O)OC(CC)C(C)(O)C(O)C(C)NC(C)CC(C)(O)C(OC3OC(C)CC(N(C)C)C3O)C2C)CC1(C)OC. The molecule has 7 N–H and O–H groups in total. The van der Waals surface area contributed by atoms with Crippen LogP contribution in [0.25, 0.3) is 0 Å². The molecule has 324 valence electrons. The number of carbonyl (C=O) groups is 1. The predicted molar refractivity (Wildman–Crippen MR) is 207 cm³/mol. The Morgan fingerprint density at radius 1 is 0.964 bits per heavy atom. The standard InChI is InChI=1S/C40H77N3O12/c1-15-17-41-21-40(49)27(8)52-30(20-38(40,10)50-14)54-32-24(5)34(55-36-31(44)28(43(12)13)18-23(4)51-36)37(9,47)19-22(3)42-26(7)33(45)39(11,48)29(16-2)53-35(46)25(32)6/h22-34,36,41-42,44-45,47-49H,15-21H2,1-14H3. The molecule has 3 aliphatic rings. The summed E-state index contributed by atoms with van der Waals surface area (Å²) in [4.78, 5) is 16.2. The molecular weight excluding hydrogens is 714 g/mol. The van der Waals surface area contributed by atoms with Crippen LogP contribution >= 0.6 is 0 Å². The Labute approximate surface area is 330 Å². The zero-order valence-electron chi connectivity index (χ0n) is 36.1. The van der Waals surface area contributed by atoms with E-state index in [0.29, 0.717) is 13.0 Å². The summed E-state index contributed by atoms with van der Waals surface area (Å²) < 4.78 is 38.2. The number of cyclic esters (lactones) is 1. The fraction of sp³-hybridized carbons (Fsp3) is 0.975. The van der Waals surface area contributed by atoms with Gasteiger partial charge < -0.3 is 69.5 Å². The van der Waals surface area contributed by atoms with Gasteiger partial charge in [-0.05, 0) is 102 Å². The van der Waals surface area contributed by atoms with E-state index >= 15 is 0 Å². The second-order valence-electron chi connectivity index (χ2n) is 17.7. The minimum Gasteiger partial charge on any atom is -0.459 e. The van der Waals surface area contributed by atoms with Gasteiger partial charge in [-0.2, -0.15) is 0 Å². The van der Waals surface area contributed by atoms with Crippen LogP contribution in [0.4, 0.5) is 0 Å². The summed E-state index contributed by atoms with van der Waals surface area (Å²) in [5.41, 5.74) is -6.03. The molecule has 3 heterocycles. The van der Waals surface area contributed by atoms with Crippen molar-refractivity contribution in [2.24, 2.45) is 11.8 Å². The van der Waals surface area contributed by atoms with Gasteiger partial charge in [0.1, 0.15) is 35.1 Å². The van der Waals surface area contributed by atoms with E-state index in [4.69, 9.17) is 28.4 Å². The lowest BCUT2D eigenvalue weighted by Gasteiger charge is -2.53. The van der Waals surface area contributed by atoms with E-state index in [1.807, 2.05) is 46.7 Å². The third-order valence-corrected chi connectivity index (χ3v) is 12.7. The van der Waals surface area contributed by atoms with E-state index in [9.17, 15) is 30.3 Å². The average Bonchev–Trinajstić information content (AvgIpc) is 3.10. The van der Waals surface area contributed by atoms with E-state index in [-0.39, 0.29) is 38.0 Å². The number of hydrogen-bond donors (Lipinski definition) is 7. The van der Waals surface area contributed by atoms with Crippen molar-refractivity contribution in [3.63, 3.8) is 0 Å². The fourth-order valence-corrected chi connectivity index (χ4v) is 9.15. The van der Waals surface area contributed by atoms with Crippen LogP contribution in [0.3, 0.4) is 0 Å². The fourth-order valence-electron chi connectivity index (χ4n) is 9.15. The maximum Gasteiger partial charge on any atom is 0.311 e. The largest absolute Gasteiger partial charge is 0.459 e. The highest BCUT2D eigenvalue weighted by Gasteiger charge is 2.58. The van der Waals surface area contributed by atoms with Gasteiger partial charge in [-0.15, -0.1) is 0 Å². The number of hydrogen-bond acceptors (Lipinski definition) is 15. The molecule has 0 aromatic carbocycles. The van der Waals surface area contributed by atoms with Gasteiger partial charge in [-0.1, -0.05) is 20.8 Å². The van der Waals surface area contributed by atoms with Crippen LogP contribution in [0, 0.1) is 11.8 Å². The molecule has 3 aliphatic heterocycles. The van der Waals surface area contributed by atoms with Crippen LogP contribution in [0.5, 0.6) is 0 Å². The zero-order chi connectivity index (χ0) is 41.8. The number of esters is 1. The summed E-state index contributed by atoms with van der Waals surface area (Å²) >= 11 is 0. The van der Waals surface area contributed by atoms with Crippen LogP contribution in [-0.2, 0) is 33.2 Å². The van der Waals surface area contributed by atoms with Crippen LogP contribution in [0.15, 0.2) is 0 Å². The normalized spacial score (nSPS) is 48.3. The first kappa shape index (κ1) is 48.3. The van der Waals surface area contributed by atoms with Crippen molar-refractivity contribution < 1.29 is 58.7 Å². The molecule has 0 aromatic heterocycles. The van der Waals surface area contributed by atoms with E-state index in [1.54, 1.807) is 41.5 Å². The van der Waals surface area contributed by atoms with Gasteiger partial charge in [-0.3, -0.25) is 4.79 Å². The summed E-state index contributed by atoms with van der Waals surface area (Å²) in [7, 11) is 5.29. The lowest BCUT2D eigenvalue weighted by Crippen LogP contribution is -2.70. The second kappa shape index (κ2) is 19.3.